The molecule has 0 unspecified atom stereocenters. The number of fused-ring (bicyclic) bond motifs is 3. The van der Waals surface area contributed by atoms with Crippen molar-refractivity contribution in [3.8, 4) is 0 Å². The minimum absolute atomic E-state index is 0.0695. The van der Waals surface area contributed by atoms with Gasteiger partial charge in [-0.15, -0.1) is 11.3 Å². The lowest BCUT2D eigenvalue weighted by molar-refractivity contribution is -0.0543. The highest BCUT2D eigenvalue weighted by Gasteiger charge is 2.34. The molecule has 2 aliphatic rings. The van der Waals surface area contributed by atoms with E-state index >= 15 is 0 Å². The van der Waals surface area contributed by atoms with Crippen LogP contribution in [-0.4, -0.2) is 48.0 Å². The maximum absolute atomic E-state index is 6.15. The molecule has 1 saturated heterocycles. The van der Waals surface area contributed by atoms with Gasteiger partial charge in [0, 0.05) is 37.5 Å². The molecule has 0 bridgehead atoms. The van der Waals surface area contributed by atoms with E-state index in [1.54, 1.807) is 23.1 Å². The van der Waals surface area contributed by atoms with Gasteiger partial charge in [-0.1, -0.05) is 18.7 Å². The van der Waals surface area contributed by atoms with E-state index in [2.05, 4.69) is 24.1 Å². The fourth-order valence-electron chi connectivity index (χ4n) is 3.46. The van der Waals surface area contributed by atoms with Gasteiger partial charge in [0.05, 0.1) is 17.6 Å². The number of aromatic nitrogens is 2. The molecular formula is C17H24N4OS2. The number of rotatable bonds is 3. The molecule has 130 valence electrons. The standard InChI is InChI=1S/C17H24N4OS2/c1-4-17(2)9-11-12(10-22-17)24-15-13(11)14(19-16(20-15)23-3)21-7-5-18-6-8-21/h18H,4-10H2,1-3H3/t17-/m1/s1. The SMILES string of the molecule is CC[C@]1(C)Cc2c(sc3nc(SC)nc(N4CCNCC4)c23)CO1. The molecule has 4 heterocycles. The van der Waals surface area contributed by atoms with Crippen LogP contribution in [0, 0.1) is 0 Å². The van der Waals surface area contributed by atoms with Gasteiger partial charge in [-0.3, -0.25) is 0 Å². The Balaban J connectivity index is 1.88. The molecule has 1 N–H and O–H groups in total. The van der Waals surface area contributed by atoms with Crippen LogP contribution in [0.5, 0.6) is 0 Å². The molecule has 1 atom stereocenters. The lowest BCUT2D eigenvalue weighted by Gasteiger charge is -2.34. The van der Waals surface area contributed by atoms with Crippen molar-refractivity contribution in [3.05, 3.63) is 10.4 Å². The smallest absolute Gasteiger partial charge is 0.190 e. The first-order chi connectivity index (χ1) is 11.6. The molecule has 7 heteroatoms. The Kier molecular flexibility index (Phi) is 4.45. The van der Waals surface area contributed by atoms with Gasteiger partial charge in [0.1, 0.15) is 10.6 Å². The third-order valence-corrected chi connectivity index (χ3v) is 6.79. The second kappa shape index (κ2) is 6.44. The monoisotopic (exact) mass is 364 g/mol. The van der Waals surface area contributed by atoms with Crippen LogP contribution in [0.4, 0.5) is 5.82 Å². The Labute approximate surface area is 151 Å². The Morgan fingerprint density at radius 1 is 1.33 bits per heavy atom. The predicted octanol–water partition coefficient (Wildman–Crippen LogP) is 3.06. The minimum atomic E-state index is -0.0695. The molecule has 0 radical (unpaired) electrons. The van der Waals surface area contributed by atoms with E-state index in [0.29, 0.717) is 6.61 Å². The summed E-state index contributed by atoms with van der Waals surface area (Å²) < 4.78 is 6.15. The van der Waals surface area contributed by atoms with Crippen LogP contribution in [0.15, 0.2) is 5.16 Å². The van der Waals surface area contributed by atoms with Gasteiger partial charge in [0.25, 0.3) is 0 Å². The highest BCUT2D eigenvalue weighted by molar-refractivity contribution is 7.98. The van der Waals surface area contributed by atoms with Crippen LogP contribution in [0.3, 0.4) is 0 Å². The number of thioether (sulfide) groups is 1. The molecule has 0 aromatic carbocycles. The van der Waals surface area contributed by atoms with Gasteiger partial charge in [-0.25, -0.2) is 9.97 Å². The topological polar surface area (TPSA) is 50.3 Å². The summed E-state index contributed by atoms with van der Waals surface area (Å²) >= 11 is 3.41. The Morgan fingerprint density at radius 2 is 2.12 bits per heavy atom. The highest BCUT2D eigenvalue weighted by Crippen LogP contribution is 2.43. The molecule has 2 aliphatic heterocycles. The van der Waals surface area contributed by atoms with Crippen molar-refractivity contribution in [2.75, 3.05) is 37.3 Å². The van der Waals surface area contributed by atoms with Crippen LogP contribution in [0.2, 0.25) is 0 Å². The van der Waals surface area contributed by atoms with E-state index < -0.39 is 0 Å². The van der Waals surface area contributed by atoms with E-state index in [-0.39, 0.29) is 5.60 Å². The lowest BCUT2D eigenvalue weighted by atomic mass is 9.90. The van der Waals surface area contributed by atoms with Gasteiger partial charge in [0.15, 0.2) is 5.16 Å². The summed E-state index contributed by atoms with van der Waals surface area (Å²) in [5, 5.41) is 5.58. The maximum atomic E-state index is 6.15. The molecular weight excluding hydrogens is 340 g/mol. The zero-order valence-corrected chi connectivity index (χ0v) is 16.1. The summed E-state index contributed by atoms with van der Waals surface area (Å²) in [6, 6.07) is 0. The zero-order valence-electron chi connectivity index (χ0n) is 14.5. The van der Waals surface area contributed by atoms with E-state index in [1.165, 1.54) is 15.8 Å². The van der Waals surface area contributed by atoms with Gasteiger partial charge in [0.2, 0.25) is 0 Å². The van der Waals surface area contributed by atoms with Crippen LogP contribution < -0.4 is 10.2 Å². The van der Waals surface area contributed by atoms with E-state index in [0.717, 1.165) is 54.8 Å². The third kappa shape index (κ3) is 2.81. The summed E-state index contributed by atoms with van der Waals surface area (Å²) in [5.41, 5.74) is 1.35. The van der Waals surface area contributed by atoms with Gasteiger partial charge in [-0.2, -0.15) is 0 Å². The highest BCUT2D eigenvalue weighted by atomic mass is 32.2. The van der Waals surface area contributed by atoms with E-state index in [9.17, 15) is 0 Å². The van der Waals surface area contributed by atoms with E-state index in [1.807, 2.05) is 6.26 Å². The number of ether oxygens (including phenoxy) is 1. The van der Waals surface area contributed by atoms with Crippen LogP contribution in [0.25, 0.3) is 10.2 Å². The number of hydrogen-bond acceptors (Lipinski definition) is 7. The largest absolute Gasteiger partial charge is 0.369 e. The number of nitrogens with zero attached hydrogens (tertiary/aromatic N) is 3. The first-order valence-electron chi connectivity index (χ1n) is 8.59. The molecule has 0 spiro atoms. The Bertz CT molecular complexity index is 757. The summed E-state index contributed by atoms with van der Waals surface area (Å²) in [6.07, 6.45) is 4.03. The molecule has 2 aromatic heterocycles. The lowest BCUT2D eigenvalue weighted by Crippen LogP contribution is -2.44. The molecule has 1 fully saturated rings. The molecule has 0 saturated carbocycles. The average molecular weight is 365 g/mol. The normalized spacial score (nSPS) is 24.4. The van der Waals surface area contributed by atoms with Crippen LogP contribution >= 0.6 is 23.1 Å². The number of piperazine rings is 1. The Hall–Kier alpha value is -0.890. The minimum Gasteiger partial charge on any atom is -0.369 e. The Morgan fingerprint density at radius 3 is 2.83 bits per heavy atom. The van der Waals surface area contributed by atoms with Crippen molar-refractivity contribution in [3.63, 3.8) is 0 Å². The van der Waals surface area contributed by atoms with Crippen molar-refractivity contribution in [1.29, 1.82) is 0 Å². The second-order valence-corrected chi connectivity index (χ2v) is 8.58. The van der Waals surface area contributed by atoms with Crippen molar-refractivity contribution >= 4 is 39.1 Å². The molecule has 2 aromatic rings. The molecule has 0 aliphatic carbocycles. The summed E-state index contributed by atoms with van der Waals surface area (Å²) in [5.74, 6) is 1.13. The number of hydrogen-bond donors (Lipinski definition) is 1. The van der Waals surface area contributed by atoms with Crippen LogP contribution in [0.1, 0.15) is 30.7 Å². The predicted molar refractivity (Wildman–Crippen MR) is 101 cm³/mol. The van der Waals surface area contributed by atoms with Crippen molar-refractivity contribution < 1.29 is 4.74 Å². The zero-order chi connectivity index (χ0) is 16.7. The van der Waals surface area contributed by atoms with Crippen molar-refractivity contribution in [2.24, 2.45) is 0 Å². The summed E-state index contributed by atoms with van der Waals surface area (Å²) in [4.78, 5) is 14.6. The van der Waals surface area contributed by atoms with Gasteiger partial charge in [-0.05, 0) is 25.2 Å². The van der Waals surface area contributed by atoms with Crippen molar-refractivity contribution in [1.82, 2.24) is 15.3 Å². The summed E-state index contributed by atoms with van der Waals surface area (Å²) in [7, 11) is 0. The molecule has 4 rings (SSSR count). The molecule has 24 heavy (non-hydrogen) atoms. The van der Waals surface area contributed by atoms with E-state index in [4.69, 9.17) is 14.7 Å². The average Bonchev–Trinajstić information content (AvgIpc) is 2.99. The first kappa shape index (κ1) is 16.6. The first-order valence-corrected chi connectivity index (χ1v) is 10.6. The maximum Gasteiger partial charge on any atom is 0.190 e. The molecule has 5 nitrogen and oxygen atoms in total. The fourth-order valence-corrected chi connectivity index (χ4v) is 4.97. The van der Waals surface area contributed by atoms with Gasteiger partial charge >= 0.3 is 0 Å². The third-order valence-electron chi connectivity index (χ3n) is 5.14. The second-order valence-electron chi connectivity index (χ2n) is 6.72. The number of nitrogens with one attached hydrogen (secondary N) is 1. The fraction of sp³-hybridized carbons (Fsp3) is 0.647. The van der Waals surface area contributed by atoms with Gasteiger partial charge < -0.3 is 15.0 Å². The van der Waals surface area contributed by atoms with Crippen molar-refractivity contribution in [2.45, 2.75) is 44.1 Å². The number of anilines is 1. The molecule has 0 amide bonds. The number of thiophene rings is 1. The summed E-state index contributed by atoms with van der Waals surface area (Å²) in [6.45, 7) is 9.18. The quantitative estimate of drug-likeness (QED) is 0.667. The van der Waals surface area contributed by atoms with Crippen LogP contribution in [-0.2, 0) is 17.8 Å².